The van der Waals surface area contributed by atoms with Gasteiger partial charge in [-0.3, -0.25) is 4.79 Å². The predicted molar refractivity (Wildman–Crippen MR) is 91.0 cm³/mol. The number of nitrogens with two attached hydrogens (primary N) is 1. The number of amides is 1. The molecule has 3 N–H and O–H groups in total. The van der Waals surface area contributed by atoms with Crippen LogP contribution in [-0.4, -0.2) is 37.0 Å². The molecule has 21 heavy (non-hydrogen) atoms. The Morgan fingerprint density at radius 2 is 2.19 bits per heavy atom. The summed E-state index contributed by atoms with van der Waals surface area (Å²) in [5.74, 6) is -0.00711. The van der Waals surface area contributed by atoms with Gasteiger partial charge in [0.2, 0.25) is 0 Å². The van der Waals surface area contributed by atoms with E-state index in [1.807, 2.05) is 24.3 Å². The van der Waals surface area contributed by atoms with Crippen molar-refractivity contribution in [2.45, 2.75) is 26.3 Å². The highest BCUT2D eigenvalue weighted by atomic mass is 32.1. The zero-order valence-electron chi connectivity index (χ0n) is 12.8. The lowest BCUT2D eigenvalue weighted by Gasteiger charge is -2.23. The Balaban J connectivity index is 1.93. The molecular weight excluding hydrogens is 282 g/mol. The number of likely N-dealkylation sites (N-methyl/N-ethyl adjacent to an activating group) is 1. The highest BCUT2D eigenvalue weighted by Gasteiger charge is 2.11. The van der Waals surface area contributed by atoms with E-state index in [1.165, 1.54) is 11.3 Å². The molecule has 0 saturated carbocycles. The van der Waals surface area contributed by atoms with Gasteiger partial charge in [0.15, 0.2) is 0 Å². The average Bonchev–Trinajstić information content (AvgIpc) is 2.89. The fraction of sp³-hybridized carbons (Fsp3) is 0.438. The summed E-state index contributed by atoms with van der Waals surface area (Å²) in [7, 11) is 2.09. The number of hydrogen-bond acceptors (Lipinski definition) is 4. The number of benzene rings is 1. The Morgan fingerprint density at radius 3 is 2.90 bits per heavy atom. The number of carbonyl (C=O) groups is 1. The lowest BCUT2D eigenvalue weighted by molar-refractivity contribution is 0.0951. The second-order valence-electron chi connectivity index (χ2n) is 5.40. The largest absolute Gasteiger partial charge is 0.399 e. The van der Waals surface area contributed by atoms with Crippen molar-refractivity contribution >= 4 is 33.0 Å². The van der Waals surface area contributed by atoms with Crippen molar-refractivity contribution < 1.29 is 4.79 Å². The lowest BCUT2D eigenvalue weighted by atomic mass is 10.2. The molecule has 1 aromatic heterocycles. The number of thiophene rings is 1. The van der Waals surface area contributed by atoms with Crippen molar-refractivity contribution in [3.05, 3.63) is 29.1 Å². The Morgan fingerprint density at radius 1 is 1.43 bits per heavy atom. The third kappa shape index (κ3) is 3.95. The van der Waals surface area contributed by atoms with E-state index in [0.29, 0.717) is 12.6 Å². The molecule has 1 amide bonds. The first-order valence-electron chi connectivity index (χ1n) is 7.28. The minimum absolute atomic E-state index is 0.00711. The number of nitrogens with zero attached hydrogens (tertiary/aromatic N) is 1. The van der Waals surface area contributed by atoms with E-state index < -0.39 is 0 Å². The van der Waals surface area contributed by atoms with E-state index in [1.54, 1.807) is 0 Å². The molecule has 5 heteroatoms. The fourth-order valence-electron chi connectivity index (χ4n) is 2.14. The molecule has 0 aliphatic carbocycles. The van der Waals surface area contributed by atoms with Crippen LogP contribution >= 0.6 is 11.3 Å². The number of nitrogen functional groups attached to an aromatic ring is 1. The summed E-state index contributed by atoms with van der Waals surface area (Å²) in [4.78, 5) is 15.2. The topological polar surface area (TPSA) is 58.4 Å². The van der Waals surface area contributed by atoms with E-state index in [-0.39, 0.29) is 5.91 Å². The van der Waals surface area contributed by atoms with E-state index in [4.69, 9.17) is 5.73 Å². The molecule has 2 aromatic rings. The van der Waals surface area contributed by atoms with Crippen LogP contribution in [-0.2, 0) is 0 Å². The molecule has 0 aliphatic rings. The summed E-state index contributed by atoms with van der Waals surface area (Å²) < 4.78 is 1.09. The van der Waals surface area contributed by atoms with Crippen LogP contribution < -0.4 is 11.1 Å². The van der Waals surface area contributed by atoms with Gasteiger partial charge in [0.05, 0.1) is 4.88 Å². The first-order valence-corrected chi connectivity index (χ1v) is 8.10. The van der Waals surface area contributed by atoms with Crippen molar-refractivity contribution in [3.63, 3.8) is 0 Å². The van der Waals surface area contributed by atoms with E-state index >= 15 is 0 Å². The van der Waals surface area contributed by atoms with E-state index in [2.05, 4.69) is 31.1 Å². The molecular formula is C16H23N3OS. The summed E-state index contributed by atoms with van der Waals surface area (Å²) in [6, 6.07) is 8.17. The second kappa shape index (κ2) is 6.91. The van der Waals surface area contributed by atoms with Crippen LogP contribution in [0.15, 0.2) is 24.3 Å². The molecule has 114 valence electrons. The fourth-order valence-corrected chi connectivity index (χ4v) is 3.10. The average molecular weight is 305 g/mol. The molecule has 1 heterocycles. The smallest absolute Gasteiger partial charge is 0.261 e. The zero-order valence-corrected chi connectivity index (χ0v) is 13.7. The van der Waals surface area contributed by atoms with Crippen molar-refractivity contribution in [2.75, 3.05) is 25.9 Å². The van der Waals surface area contributed by atoms with Crippen LogP contribution in [0.4, 0.5) is 5.69 Å². The highest BCUT2D eigenvalue weighted by Crippen LogP contribution is 2.27. The monoisotopic (exact) mass is 305 g/mol. The van der Waals surface area contributed by atoms with Crippen LogP contribution in [0.2, 0.25) is 0 Å². The van der Waals surface area contributed by atoms with Gasteiger partial charge in [-0.1, -0.05) is 6.92 Å². The SMILES string of the molecule is CCC(C)N(C)CCNC(=O)c1cc2cc(N)ccc2s1. The van der Waals surface area contributed by atoms with Crippen molar-refractivity contribution in [1.29, 1.82) is 0 Å². The van der Waals surface area contributed by atoms with Crippen molar-refractivity contribution in [2.24, 2.45) is 0 Å². The Kier molecular flexibility index (Phi) is 5.20. The molecule has 0 radical (unpaired) electrons. The van der Waals surface area contributed by atoms with E-state index in [0.717, 1.165) is 33.6 Å². The van der Waals surface area contributed by atoms with Gasteiger partial charge in [-0.2, -0.15) is 0 Å². The van der Waals surface area contributed by atoms with Gasteiger partial charge in [0, 0.05) is 29.5 Å². The number of fused-ring (bicyclic) bond motifs is 1. The van der Waals surface area contributed by atoms with Crippen LogP contribution in [0, 0.1) is 0 Å². The van der Waals surface area contributed by atoms with Crippen LogP contribution in [0.25, 0.3) is 10.1 Å². The first-order chi connectivity index (χ1) is 10.0. The molecule has 0 bridgehead atoms. The van der Waals surface area contributed by atoms with Gasteiger partial charge in [0.1, 0.15) is 0 Å². The number of rotatable bonds is 6. The quantitative estimate of drug-likeness (QED) is 0.807. The van der Waals surface area contributed by atoms with Gasteiger partial charge in [-0.25, -0.2) is 0 Å². The maximum atomic E-state index is 12.2. The standard InChI is InChI=1S/C16H23N3OS/c1-4-11(2)19(3)8-7-18-16(20)15-10-12-9-13(17)5-6-14(12)21-15/h5-6,9-11H,4,7-8,17H2,1-3H3,(H,18,20). The predicted octanol–water partition coefficient (Wildman–Crippen LogP) is 2.94. The van der Waals surface area contributed by atoms with Crippen molar-refractivity contribution in [1.82, 2.24) is 10.2 Å². The van der Waals surface area contributed by atoms with Gasteiger partial charge in [0.25, 0.3) is 5.91 Å². The number of anilines is 1. The minimum atomic E-state index is -0.00711. The molecule has 0 spiro atoms. The Bertz CT molecular complexity index is 623. The summed E-state index contributed by atoms with van der Waals surface area (Å²) in [5, 5.41) is 4.01. The normalized spacial score (nSPS) is 12.8. The van der Waals surface area contributed by atoms with Crippen LogP contribution in [0.1, 0.15) is 29.9 Å². The first kappa shape index (κ1) is 15.8. The Labute approximate surface area is 129 Å². The van der Waals surface area contributed by atoms with Gasteiger partial charge < -0.3 is 16.0 Å². The lowest BCUT2D eigenvalue weighted by Crippen LogP contribution is -2.36. The number of carbonyl (C=O) groups excluding carboxylic acids is 1. The van der Waals surface area contributed by atoms with Gasteiger partial charge in [-0.05, 0) is 50.0 Å². The molecule has 1 atom stereocenters. The number of nitrogens with one attached hydrogen (secondary N) is 1. The second-order valence-corrected chi connectivity index (χ2v) is 6.49. The summed E-state index contributed by atoms with van der Waals surface area (Å²) in [6.45, 7) is 5.88. The summed E-state index contributed by atoms with van der Waals surface area (Å²) in [5.41, 5.74) is 6.49. The molecule has 0 aliphatic heterocycles. The Hall–Kier alpha value is -1.59. The maximum Gasteiger partial charge on any atom is 0.261 e. The zero-order chi connectivity index (χ0) is 15.4. The molecule has 4 nitrogen and oxygen atoms in total. The highest BCUT2D eigenvalue weighted by molar-refractivity contribution is 7.20. The third-order valence-corrected chi connectivity index (χ3v) is 4.97. The minimum Gasteiger partial charge on any atom is -0.399 e. The molecule has 1 aromatic carbocycles. The van der Waals surface area contributed by atoms with Crippen molar-refractivity contribution in [3.8, 4) is 0 Å². The maximum absolute atomic E-state index is 12.2. The molecule has 0 fully saturated rings. The molecule has 1 unspecified atom stereocenters. The number of hydrogen-bond donors (Lipinski definition) is 2. The molecule has 0 saturated heterocycles. The van der Waals surface area contributed by atoms with Gasteiger partial charge >= 0.3 is 0 Å². The van der Waals surface area contributed by atoms with Crippen LogP contribution in [0.5, 0.6) is 0 Å². The van der Waals surface area contributed by atoms with E-state index in [9.17, 15) is 4.79 Å². The third-order valence-electron chi connectivity index (χ3n) is 3.86. The summed E-state index contributed by atoms with van der Waals surface area (Å²) >= 11 is 1.50. The summed E-state index contributed by atoms with van der Waals surface area (Å²) in [6.07, 6.45) is 1.11. The van der Waals surface area contributed by atoms with Crippen LogP contribution in [0.3, 0.4) is 0 Å². The van der Waals surface area contributed by atoms with Gasteiger partial charge in [-0.15, -0.1) is 11.3 Å². The molecule has 2 rings (SSSR count).